The summed E-state index contributed by atoms with van der Waals surface area (Å²) in [6.07, 6.45) is 0. The molecule has 1 fully saturated rings. The maximum absolute atomic E-state index is 13.6. The molecule has 0 atom stereocenters. The summed E-state index contributed by atoms with van der Waals surface area (Å²) in [5, 5.41) is 3.08. The molecule has 1 heterocycles. The van der Waals surface area contributed by atoms with Crippen LogP contribution in [0.15, 0.2) is 23.1 Å². The fourth-order valence-corrected chi connectivity index (χ4v) is 3.32. The zero-order valence-electron chi connectivity index (χ0n) is 12.5. The molecule has 0 radical (unpaired) electrons. The van der Waals surface area contributed by atoms with E-state index in [4.69, 9.17) is 0 Å². The van der Waals surface area contributed by atoms with E-state index in [1.54, 1.807) is 0 Å². The van der Waals surface area contributed by atoms with Crippen molar-refractivity contribution in [1.82, 2.24) is 14.5 Å². The van der Waals surface area contributed by atoms with Gasteiger partial charge in [-0.2, -0.15) is 4.31 Å². The Labute approximate surface area is 139 Å². The van der Waals surface area contributed by atoms with Crippen LogP contribution in [0.4, 0.5) is 8.78 Å². The van der Waals surface area contributed by atoms with Crippen LogP contribution in [0.25, 0.3) is 0 Å². The maximum Gasteiger partial charge on any atom is 0.246 e. The normalized spacial score (nSPS) is 15.4. The van der Waals surface area contributed by atoms with Crippen molar-refractivity contribution < 1.29 is 22.0 Å². The van der Waals surface area contributed by atoms with Crippen LogP contribution in [0.2, 0.25) is 0 Å². The molecule has 0 bridgehead atoms. The quantitative estimate of drug-likeness (QED) is 0.836. The van der Waals surface area contributed by atoms with E-state index in [9.17, 15) is 22.0 Å². The van der Waals surface area contributed by atoms with Gasteiger partial charge in [-0.05, 0) is 18.2 Å². The van der Waals surface area contributed by atoms with Gasteiger partial charge in [0.05, 0.1) is 6.54 Å². The first-order chi connectivity index (χ1) is 10.3. The number of hydrogen-bond acceptors (Lipinski definition) is 4. The van der Waals surface area contributed by atoms with Gasteiger partial charge in [-0.25, -0.2) is 17.2 Å². The summed E-state index contributed by atoms with van der Waals surface area (Å²) < 4.78 is 52.1. The lowest BCUT2D eigenvalue weighted by Crippen LogP contribution is -2.49. The van der Waals surface area contributed by atoms with E-state index in [-0.39, 0.29) is 18.3 Å². The lowest BCUT2D eigenvalue weighted by Gasteiger charge is -2.29. The summed E-state index contributed by atoms with van der Waals surface area (Å²) in [6.45, 7) is 1.84. The van der Waals surface area contributed by atoms with Gasteiger partial charge in [0.15, 0.2) is 0 Å². The molecule has 1 aliphatic heterocycles. The first-order valence-corrected chi connectivity index (χ1v) is 8.16. The van der Waals surface area contributed by atoms with Gasteiger partial charge < -0.3 is 10.2 Å². The monoisotopic (exact) mass is 369 g/mol. The van der Waals surface area contributed by atoms with Gasteiger partial charge >= 0.3 is 0 Å². The number of rotatable bonds is 4. The number of piperazine rings is 1. The Morgan fingerprint density at radius 3 is 2.52 bits per heavy atom. The average Bonchev–Trinajstić information content (AvgIpc) is 2.50. The second-order valence-corrected chi connectivity index (χ2v) is 6.98. The third kappa shape index (κ3) is 4.60. The zero-order valence-corrected chi connectivity index (χ0v) is 14.1. The molecule has 1 amide bonds. The van der Waals surface area contributed by atoms with Crippen molar-refractivity contribution in [2.75, 3.05) is 39.8 Å². The second-order valence-electron chi connectivity index (χ2n) is 4.97. The van der Waals surface area contributed by atoms with Gasteiger partial charge in [0.2, 0.25) is 15.9 Å². The van der Waals surface area contributed by atoms with Gasteiger partial charge in [0.1, 0.15) is 16.5 Å². The van der Waals surface area contributed by atoms with Gasteiger partial charge in [0, 0.05) is 33.2 Å². The molecule has 1 aromatic carbocycles. The fourth-order valence-electron chi connectivity index (χ4n) is 2.13. The summed E-state index contributed by atoms with van der Waals surface area (Å²) >= 11 is 0. The molecule has 10 heteroatoms. The molecular weight excluding hydrogens is 352 g/mol. The molecule has 0 saturated carbocycles. The van der Waals surface area contributed by atoms with Crippen molar-refractivity contribution >= 4 is 28.3 Å². The Hall–Kier alpha value is -1.29. The van der Waals surface area contributed by atoms with Crippen LogP contribution in [0.3, 0.4) is 0 Å². The van der Waals surface area contributed by atoms with E-state index in [0.717, 1.165) is 16.4 Å². The second kappa shape index (κ2) is 8.00. The zero-order chi connectivity index (χ0) is 16.3. The summed E-state index contributed by atoms with van der Waals surface area (Å²) in [6, 6.07) is 2.19. The highest BCUT2D eigenvalue weighted by molar-refractivity contribution is 7.89. The van der Waals surface area contributed by atoms with E-state index in [2.05, 4.69) is 5.32 Å². The minimum absolute atomic E-state index is 0. The first kappa shape index (κ1) is 19.8. The van der Waals surface area contributed by atoms with E-state index >= 15 is 0 Å². The highest BCUT2D eigenvalue weighted by Gasteiger charge is 2.28. The summed E-state index contributed by atoms with van der Waals surface area (Å²) in [5.74, 6) is -2.28. The largest absolute Gasteiger partial charge is 0.339 e. The number of benzene rings is 1. The fraction of sp³-hybridized carbons (Fsp3) is 0.462. The SMILES string of the molecule is CN(CC(=O)N1CCNCC1)S(=O)(=O)c1cc(F)ccc1F.Cl. The van der Waals surface area contributed by atoms with E-state index in [1.807, 2.05) is 0 Å². The van der Waals surface area contributed by atoms with Crippen LogP contribution in [0.5, 0.6) is 0 Å². The number of sulfonamides is 1. The Morgan fingerprint density at radius 1 is 1.30 bits per heavy atom. The third-order valence-electron chi connectivity index (χ3n) is 3.41. The van der Waals surface area contributed by atoms with Gasteiger partial charge in [-0.1, -0.05) is 0 Å². The van der Waals surface area contributed by atoms with Gasteiger partial charge in [-0.15, -0.1) is 12.4 Å². The van der Waals surface area contributed by atoms with Crippen LogP contribution in [0.1, 0.15) is 0 Å². The molecule has 6 nitrogen and oxygen atoms in total. The Kier molecular flexibility index (Phi) is 6.87. The summed E-state index contributed by atoms with van der Waals surface area (Å²) in [5.41, 5.74) is 0. The van der Waals surface area contributed by atoms with Crippen LogP contribution in [-0.4, -0.2) is 63.3 Å². The molecule has 0 aromatic heterocycles. The molecule has 23 heavy (non-hydrogen) atoms. The van der Waals surface area contributed by atoms with Gasteiger partial charge in [-0.3, -0.25) is 4.79 Å². The smallest absolute Gasteiger partial charge is 0.246 e. The molecule has 0 spiro atoms. The number of nitrogens with zero attached hydrogens (tertiary/aromatic N) is 2. The van der Waals surface area contributed by atoms with Crippen LogP contribution >= 0.6 is 12.4 Å². The number of halogens is 3. The van der Waals surface area contributed by atoms with Crippen LogP contribution in [0, 0.1) is 11.6 Å². The number of hydrogen-bond donors (Lipinski definition) is 1. The van der Waals surface area contributed by atoms with Gasteiger partial charge in [0.25, 0.3) is 0 Å². The lowest BCUT2D eigenvalue weighted by atomic mass is 10.3. The van der Waals surface area contributed by atoms with E-state index in [0.29, 0.717) is 32.2 Å². The number of amides is 1. The highest BCUT2D eigenvalue weighted by atomic mass is 35.5. The van der Waals surface area contributed by atoms with Crippen molar-refractivity contribution in [1.29, 1.82) is 0 Å². The topological polar surface area (TPSA) is 69.7 Å². The average molecular weight is 370 g/mol. The van der Waals surface area contributed by atoms with Crippen molar-refractivity contribution in [2.24, 2.45) is 0 Å². The molecule has 1 aromatic rings. The predicted octanol–water partition coefficient (Wildman–Crippen LogP) is 0.439. The minimum atomic E-state index is -4.27. The van der Waals surface area contributed by atoms with Crippen molar-refractivity contribution in [3.8, 4) is 0 Å². The van der Waals surface area contributed by atoms with E-state index < -0.39 is 33.1 Å². The number of carbonyl (C=O) groups is 1. The van der Waals surface area contributed by atoms with Crippen molar-refractivity contribution in [3.05, 3.63) is 29.8 Å². The Bertz CT molecular complexity index is 666. The Morgan fingerprint density at radius 2 is 1.91 bits per heavy atom. The number of carbonyl (C=O) groups excluding carboxylic acids is 1. The molecule has 0 aliphatic carbocycles. The molecule has 0 unspecified atom stereocenters. The number of likely N-dealkylation sites (N-methyl/N-ethyl adjacent to an activating group) is 1. The molecule has 130 valence electrons. The highest BCUT2D eigenvalue weighted by Crippen LogP contribution is 2.19. The lowest BCUT2D eigenvalue weighted by molar-refractivity contribution is -0.131. The molecular formula is C13H18ClF2N3O3S. The first-order valence-electron chi connectivity index (χ1n) is 6.72. The standard InChI is InChI=1S/C13H17F2N3O3S.ClH/c1-17(9-13(19)18-6-4-16-5-7-18)22(20,21)12-8-10(14)2-3-11(12)15;/h2-3,8,16H,4-7,9H2,1H3;1H. The Balaban J connectivity index is 0.00000264. The molecule has 2 rings (SSSR count). The van der Waals surface area contributed by atoms with Crippen LogP contribution in [-0.2, 0) is 14.8 Å². The number of nitrogens with one attached hydrogen (secondary N) is 1. The summed E-state index contributed by atoms with van der Waals surface area (Å²) in [7, 11) is -3.10. The molecule has 1 aliphatic rings. The minimum Gasteiger partial charge on any atom is -0.339 e. The third-order valence-corrected chi connectivity index (χ3v) is 5.23. The maximum atomic E-state index is 13.6. The predicted molar refractivity (Wildman–Crippen MR) is 82.9 cm³/mol. The summed E-state index contributed by atoms with van der Waals surface area (Å²) in [4.78, 5) is 12.8. The van der Waals surface area contributed by atoms with Crippen molar-refractivity contribution in [3.63, 3.8) is 0 Å². The van der Waals surface area contributed by atoms with Crippen LogP contribution < -0.4 is 5.32 Å². The molecule has 1 saturated heterocycles. The van der Waals surface area contributed by atoms with Crippen molar-refractivity contribution in [2.45, 2.75) is 4.90 Å². The molecule has 1 N–H and O–H groups in total. The van der Waals surface area contributed by atoms with E-state index in [1.165, 1.54) is 11.9 Å².